The lowest BCUT2D eigenvalue weighted by Crippen LogP contribution is -2.50. The Morgan fingerprint density at radius 2 is 1.71 bits per heavy atom. The first-order valence-corrected chi connectivity index (χ1v) is 5.38. The van der Waals surface area contributed by atoms with E-state index in [2.05, 4.69) is 56.3 Å². The zero-order chi connectivity index (χ0) is 10.2. The molecule has 0 spiro atoms. The first-order chi connectivity index (χ1) is 6.65. The molecule has 0 radical (unpaired) electrons. The van der Waals surface area contributed by atoms with Gasteiger partial charge in [0.2, 0.25) is 0 Å². The van der Waals surface area contributed by atoms with Crippen LogP contribution in [-0.2, 0) is 5.54 Å². The molecule has 0 heterocycles. The van der Waals surface area contributed by atoms with E-state index in [1.807, 2.05) is 0 Å². The van der Waals surface area contributed by atoms with E-state index in [1.165, 1.54) is 18.4 Å². The number of benzene rings is 1. The van der Waals surface area contributed by atoms with Crippen LogP contribution in [0.15, 0.2) is 30.3 Å². The molecule has 0 amide bonds. The smallest absolute Gasteiger partial charge is 0.0459 e. The van der Waals surface area contributed by atoms with E-state index in [9.17, 15) is 0 Å². The molecule has 1 saturated carbocycles. The summed E-state index contributed by atoms with van der Waals surface area (Å²) in [6.07, 6.45) is 2.59. The summed E-state index contributed by atoms with van der Waals surface area (Å²) < 4.78 is 0. The topological polar surface area (TPSA) is 3.24 Å². The quantitative estimate of drug-likeness (QED) is 0.691. The van der Waals surface area contributed by atoms with Gasteiger partial charge in [-0.25, -0.2) is 0 Å². The third-order valence-corrected chi connectivity index (χ3v) is 3.54. The van der Waals surface area contributed by atoms with Gasteiger partial charge in [-0.2, -0.15) is 0 Å². The largest absolute Gasteiger partial charge is 0.300 e. The molecule has 1 nitrogen and oxygen atoms in total. The van der Waals surface area contributed by atoms with Crippen LogP contribution in [0.1, 0.15) is 25.3 Å². The van der Waals surface area contributed by atoms with Gasteiger partial charge in [0.15, 0.2) is 0 Å². The minimum Gasteiger partial charge on any atom is -0.300 e. The molecular weight excluding hydrogens is 170 g/mol. The van der Waals surface area contributed by atoms with E-state index >= 15 is 0 Å². The maximum Gasteiger partial charge on any atom is 0.0459 e. The molecule has 1 heteroatoms. The molecule has 1 aromatic carbocycles. The maximum absolute atomic E-state index is 2.38. The predicted molar refractivity (Wildman–Crippen MR) is 60.2 cm³/mol. The molecule has 14 heavy (non-hydrogen) atoms. The number of nitrogens with zero attached hydrogens (tertiary/aromatic N) is 1. The van der Waals surface area contributed by atoms with Crippen molar-refractivity contribution < 1.29 is 0 Å². The van der Waals surface area contributed by atoms with Crippen molar-refractivity contribution in [2.45, 2.75) is 25.3 Å². The van der Waals surface area contributed by atoms with E-state index in [4.69, 9.17) is 0 Å². The normalized spacial score (nSPS) is 31.6. The molecule has 0 aliphatic heterocycles. The third-order valence-electron chi connectivity index (χ3n) is 3.54. The van der Waals surface area contributed by atoms with Gasteiger partial charge in [-0.15, -0.1) is 0 Å². The van der Waals surface area contributed by atoms with Crippen molar-refractivity contribution in [2.75, 3.05) is 14.1 Å². The molecule has 2 rings (SSSR count). The van der Waals surface area contributed by atoms with Gasteiger partial charge >= 0.3 is 0 Å². The van der Waals surface area contributed by atoms with E-state index < -0.39 is 0 Å². The van der Waals surface area contributed by atoms with Crippen LogP contribution in [0.4, 0.5) is 0 Å². The van der Waals surface area contributed by atoms with Crippen molar-refractivity contribution in [3.63, 3.8) is 0 Å². The first kappa shape index (κ1) is 9.72. The van der Waals surface area contributed by atoms with Crippen molar-refractivity contribution >= 4 is 0 Å². The second-order valence-electron chi connectivity index (χ2n) is 4.81. The van der Waals surface area contributed by atoms with Gasteiger partial charge in [-0.05, 0) is 38.4 Å². The van der Waals surface area contributed by atoms with Gasteiger partial charge in [0, 0.05) is 5.54 Å². The second kappa shape index (κ2) is 3.39. The van der Waals surface area contributed by atoms with Crippen molar-refractivity contribution in [3.8, 4) is 0 Å². The van der Waals surface area contributed by atoms with Crippen LogP contribution in [0.2, 0.25) is 0 Å². The van der Waals surface area contributed by atoms with E-state index in [0.717, 1.165) is 5.92 Å². The zero-order valence-electron chi connectivity index (χ0n) is 9.33. The first-order valence-electron chi connectivity index (χ1n) is 5.38. The van der Waals surface area contributed by atoms with Gasteiger partial charge in [0.05, 0.1) is 0 Å². The highest BCUT2D eigenvalue weighted by molar-refractivity contribution is 5.27. The average Bonchev–Trinajstić information content (AvgIpc) is 2.13. The Labute approximate surface area is 86.7 Å². The van der Waals surface area contributed by atoms with Crippen LogP contribution in [0.3, 0.4) is 0 Å². The number of hydrogen-bond acceptors (Lipinski definition) is 1. The van der Waals surface area contributed by atoms with E-state index in [1.54, 1.807) is 0 Å². The Kier molecular flexibility index (Phi) is 2.36. The van der Waals surface area contributed by atoms with Gasteiger partial charge in [-0.3, -0.25) is 4.90 Å². The van der Waals surface area contributed by atoms with Crippen LogP contribution in [-0.4, -0.2) is 19.0 Å². The fraction of sp³-hybridized carbons (Fsp3) is 0.538. The maximum atomic E-state index is 2.38. The highest BCUT2D eigenvalue weighted by atomic mass is 15.2. The lowest BCUT2D eigenvalue weighted by Gasteiger charge is -2.51. The summed E-state index contributed by atoms with van der Waals surface area (Å²) in [4.78, 5) is 2.38. The highest BCUT2D eigenvalue weighted by Gasteiger charge is 2.44. The van der Waals surface area contributed by atoms with Gasteiger partial charge < -0.3 is 0 Å². The van der Waals surface area contributed by atoms with Crippen LogP contribution in [0.25, 0.3) is 0 Å². The molecular formula is C13H19N. The molecule has 0 bridgehead atoms. The standard InChI is InChI=1S/C13H19N/c1-11-9-13(10-11,14(2)3)12-7-5-4-6-8-12/h4-8,11H,9-10H2,1-3H3. The molecule has 0 atom stereocenters. The number of hydrogen-bond donors (Lipinski definition) is 0. The molecule has 1 aliphatic rings. The fourth-order valence-corrected chi connectivity index (χ4v) is 2.70. The van der Waals surface area contributed by atoms with Crippen LogP contribution in [0, 0.1) is 5.92 Å². The van der Waals surface area contributed by atoms with Crippen LogP contribution in [0.5, 0.6) is 0 Å². The van der Waals surface area contributed by atoms with Crippen molar-refractivity contribution in [1.82, 2.24) is 4.90 Å². The lowest BCUT2D eigenvalue weighted by molar-refractivity contribution is 0.0118. The minimum atomic E-state index is 0.320. The molecule has 0 N–H and O–H groups in total. The zero-order valence-corrected chi connectivity index (χ0v) is 9.33. The summed E-state index contributed by atoms with van der Waals surface area (Å²) in [5, 5.41) is 0. The molecule has 0 saturated heterocycles. The van der Waals surface area contributed by atoms with E-state index in [-0.39, 0.29) is 0 Å². The average molecular weight is 189 g/mol. The summed E-state index contributed by atoms with van der Waals surface area (Å²) >= 11 is 0. The minimum absolute atomic E-state index is 0.320. The van der Waals surface area contributed by atoms with Gasteiger partial charge in [-0.1, -0.05) is 37.3 Å². The Hall–Kier alpha value is -0.820. The molecule has 0 aromatic heterocycles. The van der Waals surface area contributed by atoms with Crippen molar-refractivity contribution in [2.24, 2.45) is 5.92 Å². The fourth-order valence-electron chi connectivity index (χ4n) is 2.70. The summed E-state index contributed by atoms with van der Waals surface area (Å²) in [5.74, 6) is 0.873. The Morgan fingerprint density at radius 3 is 2.14 bits per heavy atom. The Bertz CT molecular complexity index is 296. The molecule has 0 unspecified atom stereocenters. The Morgan fingerprint density at radius 1 is 1.14 bits per heavy atom. The van der Waals surface area contributed by atoms with Gasteiger partial charge in [0.1, 0.15) is 0 Å². The summed E-state index contributed by atoms with van der Waals surface area (Å²) in [7, 11) is 4.39. The number of rotatable bonds is 2. The van der Waals surface area contributed by atoms with Crippen LogP contribution >= 0.6 is 0 Å². The molecule has 76 valence electrons. The summed E-state index contributed by atoms with van der Waals surface area (Å²) in [6, 6.07) is 10.9. The van der Waals surface area contributed by atoms with E-state index in [0.29, 0.717) is 5.54 Å². The second-order valence-corrected chi connectivity index (χ2v) is 4.81. The molecule has 1 aromatic rings. The van der Waals surface area contributed by atoms with Crippen molar-refractivity contribution in [3.05, 3.63) is 35.9 Å². The summed E-state index contributed by atoms with van der Waals surface area (Å²) in [6.45, 7) is 2.34. The molecule has 1 aliphatic carbocycles. The summed E-state index contributed by atoms with van der Waals surface area (Å²) in [5.41, 5.74) is 1.80. The lowest BCUT2D eigenvalue weighted by atomic mass is 9.65. The van der Waals surface area contributed by atoms with Crippen LogP contribution < -0.4 is 0 Å². The highest BCUT2D eigenvalue weighted by Crippen LogP contribution is 2.48. The third kappa shape index (κ3) is 1.36. The van der Waals surface area contributed by atoms with Gasteiger partial charge in [0.25, 0.3) is 0 Å². The predicted octanol–water partition coefficient (Wildman–Crippen LogP) is 2.87. The Balaban J connectivity index is 2.30. The SMILES string of the molecule is CC1CC(c2ccccc2)(N(C)C)C1. The monoisotopic (exact) mass is 189 g/mol. The molecule has 1 fully saturated rings. The van der Waals surface area contributed by atoms with Crippen molar-refractivity contribution in [1.29, 1.82) is 0 Å².